The van der Waals surface area contributed by atoms with Gasteiger partial charge in [-0.2, -0.15) is 0 Å². The van der Waals surface area contributed by atoms with Gasteiger partial charge in [-0.15, -0.1) is 0 Å². The molecule has 236 valence electrons. The van der Waals surface area contributed by atoms with Gasteiger partial charge in [0.2, 0.25) is 0 Å². The first-order valence-electron chi connectivity index (χ1n) is 17.2. The van der Waals surface area contributed by atoms with Crippen LogP contribution in [0.15, 0.2) is 176 Å². The Hall–Kier alpha value is -6.58. The molecule has 2 N–H and O–H groups in total. The summed E-state index contributed by atoms with van der Waals surface area (Å²) in [6.45, 7) is 6.10. The Morgan fingerprint density at radius 2 is 1.12 bits per heavy atom. The number of fused-ring (bicyclic) bond motifs is 4. The zero-order chi connectivity index (χ0) is 33.3. The van der Waals surface area contributed by atoms with Crippen LogP contribution in [0, 0.1) is 0 Å². The summed E-state index contributed by atoms with van der Waals surface area (Å²) in [7, 11) is 0. The lowest BCUT2D eigenvalue weighted by molar-refractivity contribution is 0.898. The summed E-state index contributed by atoms with van der Waals surface area (Å²) in [6, 6.07) is 51.0. The Morgan fingerprint density at radius 1 is 0.500 bits per heavy atom. The van der Waals surface area contributed by atoms with E-state index < -0.39 is 0 Å². The van der Waals surface area contributed by atoms with Crippen molar-refractivity contribution in [2.75, 3.05) is 0 Å². The fourth-order valence-electron chi connectivity index (χ4n) is 8.14. The van der Waals surface area contributed by atoms with Gasteiger partial charge in [-0.05, 0) is 86.1 Å². The van der Waals surface area contributed by atoms with Crippen molar-refractivity contribution in [1.29, 1.82) is 0 Å². The van der Waals surface area contributed by atoms with Gasteiger partial charge in [0.05, 0.1) is 28.1 Å². The third kappa shape index (κ3) is 4.10. The average molecular weight is 640 g/mol. The molecule has 2 heterocycles. The molecule has 0 saturated carbocycles. The third-order valence-electron chi connectivity index (χ3n) is 10.4. The molecule has 2 aliphatic rings. The van der Waals surface area contributed by atoms with Crippen molar-refractivity contribution in [2.45, 2.75) is 6.92 Å². The van der Waals surface area contributed by atoms with Crippen LogP contribution in [0.4, 0.5) is 0 Å². The largest absolute Gasteiger partial charge is 0.351 e. The third-order valence-corrected chi connectivity index (χ3v) is 10.4. The Kier molecular flexibility index (Phi) is 6.24. The van der Waals surface area contributed by atoms with E-state index in [4.69, 9.17) is 0 Å². The fraction of sp³-hybridized carbons (Fsp3) is 0.0213. The van der Waals surface area contributed by atoms with Gasteiger partial charge in [0.25, 0.3) is 0 Å². The molecule has 0 unspecified atom stereocenters. The highest BCUT2D eigenvalue weighted by molar-refractivity contribution is 6.30. The number of hydrogen-bond donors (Lipinski definition) is 2. The van der Waals surface area contributed by atoms with Gasteiger partial charge < -0.3 is 10.6 Å². The van der Waals surface area contributed by atoms with Crippen LogP contribution in [0.3, 0.4) is 0 Å². The van der Waals surface area contributed by atoms with Gasteiger partial charge in [-0.3, -0.25) is 4.57 Å². The van der Waals surface area contributed by atoms with E-state index in [0.29, 0.717) is 0 Å². The van der Waals surface area contributed by atoms with Gasteiger partial charge in [0.15, 0.2) is 0 Å². The molecule has 0 saturated heterocycles. The molecular formula is C47H33N3. The summed E-state index contributed by atoms with van der Waals surface area (Å²) in [5, 5.41) is 15.3. The van der Waals surface area contributed by atoms with Crippen LogP contribution in [-0.4, -0.2) is 4.57 Å². The van der Waals surface area contributed by atoms with Gasteiger partial charge >= 0.3 is 0 Å². The summed E-state index contributed by atoms with van der Waals surface area (Å²) in [5.41, 5.74) is 13.9. The molecule has 0 amide bonds. The van der Waals surface area contributed by atoms with Crippen LogP contribution in [0.2, 0.25) is 0 Å². The molecule has 8 aromatic rings. The van der Waals surface area contributed by atoms with Gasteiger partial charge in [-0.1, -0.05) is 140 Å². The minimum Gasteiger partial charge on any atom is -0.351 e. The standard InChI is InChI=1S/C47H33N3/c1-3-11-40-39(4-2)48-46(32-23-20-30(21-24-32)34-25-22-29-12-5-6-13-33(29)28-34)47(49-40)50-41-19-10-18-38-36-16-8-7-15-35(36)37-17-9-14-31-26-27-42(50)45(43(31)37)44(38)41/h3-28,48-49H,1H2,2H3/b39-4+,40-11+. The number of allylic oxidation sites excluding steroid dienone is 3. The van der Waals surface area contributed by atoms with Crippen molar-refractivity contribution in [3.8, 4) is 33.4 Å². The van der Waals surface area contributed by atoms with E-state index in [0.717, 1.165) is 39.5 Å². The highest BCUT2D eigenvalue weighted by Crippen LogP contribution is 2.50. The van der Waals surface area contributed by atoms with E-state index >= 15 is 0 Å². The van der Waals surface area contributed by atoms with Crippen LogP contribution < -0.4 is 10.6 Å². The Morgan fingerprint density at radius 3 is 1.90 bits per heavy atom. The molecule has 0 fully saturated rings. The van der Waals surface area contributed by atoms with Gasteiger partial charge in [0.1, 0.15) is 5.82 Å². The first-order valence-corrected chi connectivity index (χ1v) is 17.2. The predicted molar refractivity (Wildman–Crippen MR) is 212 cm³/mol. The first kappa shape index (κ1) is 28.4. The van der Waals surface area contributed by atoms with E-state index in [2.05, 4.69) is 174 Å². The minimum atomic E-state index is 0.971. The molecular weight excluding hydrogens is 607 g/mol. The number of nitrogens with zero attached hydrogens (tertiary/aromatic N) is 1. The lowest BCUT2D eigenvalue weighted by Gasteiger charge is -2.30. The highest BCUT2D eigenvalue weighted by Gasteiger charge is 2.28. The lowest BCUT2D eigenvalue weighted by atomic mass is 9.93. The molecule has 50 heavy (non-hydrogen) atoms. The van der Waals surface area contributed by atoms with E-state index in [1.54, 1.807) is 0 Å². The predicted octanol–water partition coefficient (Wildman–Crippen LogP) is 11.9. The summed E-state index contributed by atoms with van der Waals surface area (Å²) in [4.78, 5) is 0. The quantitative estimate of drug-likeness (QED) is 0.201. The number of nitrogens with one attached hydrogen (secondary N) is 2. The Bertz CT molecular complexity index is 2820. The summed E-state index contributed by atoms with van der Waals surface area (Å²) in [5.74, 6) is 0.977. The van der Waals surface area contributed by atoms with Crippen LogP contribution >= 0.6 is 0 Å². The zero-order valence-electron chi connectivity index (χ0n) is 27.7. The number of hydrogen-bond acceptors (Lipinski definition) is 2. The van der Waals surface area contributed by atoms with E-state index in [9.17, 15) is 0 Å². The number of aromatic nitrogens is 1. The number of rotatable bonds is 4. The Labute approximate surface area is 290 Å². The van der Waals surface area contributed by atoms with Crippen LogP contribution in [0.1, 0.15) is 12.5 Å². The van der Waals surface area contributed by atoms with Gasteiger partial charge in [-0.25, -0.2) is 0 Å². The lowest BCUT2D eigenvalue weighted by Crippen LogP contribution is -2.32. The van der Waals surface area contributed by atoms with Crippen molar-refractivity contribution in [3.05, 3.63) is 181 Å². The number of benzene rings is 7. The molecule has 0 bridgehead atoms. The molecule has 0 atom stereocenters. The molecule has 0 spiro atoms. The van der Waals surface area contributed by atoms with Crippen molar-refractivity contribution < 1.29 is 0 Å². The SMILES string of the molecule is C=C/C=C1/NC(n2c3cccc4c3c3c5c(cccc5ccc32)-c2ccccc2-4)=C(c2ccc(-c3ccc4ccccc4c3)cc2)N/C1=C/C. The minimum absolute atomic E-state index is 0.971. The molecule has 3 heteroatoms. The van der Waals surface area contributed by atoms with Gasteiger partial charge in [0, 0.05) is 16.3 Å². The highest BCUT2D eigenvalue weighted by atomic mass is 15.2. The smallest absolute Gasteiger partial charge is 0.140 e. The summed E-state index contributed by atoms with van der Waals surface area (Å²) >= 11 is 0. The molecule has 1 aliphatic heterocycles. The fourth-order valence-corrected chi connectivity index (χ4v) is 8.14. The van der Waals surface area contributed by atoms with E-state index in [1.807, 2.05) is 12.2 Å². The summed E-state index contributed by atoms with van der Waals surface area (Å²) in [6.07, 6.45) is 5.99. The molecule has 7 aromatic carbocycles. The Balaban J connectivity index is 1.25. The van der Waals surface area contributed by atoms with Crippen molar-refractivity contribution in [3.63, 3.8) is 0 Å². The zero-order valence-corrected chi connectivity index (χ0v) is 27.7. The van der Waals surface area contributed by atoms with Crippen molar-refractivity contribution in [1.82, 2.24) is 15.2 Å². The molecule has 1 aliphatic carbocycles. The average Bonchev–Trinajstić information content (AvgIpc) is 3.45. The maximum Gasteiger partial charge on any atom is 0.140 e. The van der Waals surface area contributed by atoms with Crippen LogP contribution in [0.25, 0.3) is 88.2 Å². The van der Waals surface area contributed by atoms with Crippen molar-refractivity contribution in [2.24, 2.45) is 0 Å². The van der Waals surface area contributed by atoms with E-state index in [-0.39, 0.29) is 0 Å². The molecule has 1 aromatic heterocycles. The summed E-state index contributed by atoms with van der Waals surface area (Å²) < 4.78 is 2.42. The molecule has 10 rings (SSSR count). The monoisotopic (exact) mass is 639 g/mol. The molecule has 0 radical (unpaired) electrons. The molecule has 3 nitrogen and oxygen atoms in total. The second kappa shape index (κ2) is 11.0. The van der Waals surface area contributed by atoms with Crippen LogP contribution in [-0.2, 0) is 0 Å². The maximum absolute atomic E-state index is 4.04. The first-order chi connectivity index (χ1) is 24.7. The van der Waals surface area contributed by atoms with E-state index in [1.165, 1.54) is 65.7 Å². The van der Waals surface area contributed by atoms with Crippen LogP contribution in [0.5, 0.6) is 0 Å². The second-order valence-electron chi connectivity index (χ2n) is 13.1. The maximum atomic E-state index is 4.04. The topological polar surface area (TPSA) is 29.0 Å². The second-order valence-corrected chi connectivity index (χ2v) is 13.1. The normalized spacial score (nSPS) is 15.3. The van der Waals surface area contributed by atoms with Crippen molar-refractivity contribution >= 4 is 54.9 Å².